The summed E-state index contributed by atoms with van der Waals surface area (Å²) in [6.45, 7) is 0. The van der Waals surface area contributed by atoms with E-state index in [0.29, 0.717) is 0 Å². The molecule has 2 unspecified atom stereocenters. The molecule has 4 rings (SSSR count). The van der Waals surface area contributed by atoms with Crippen LogP contribution in [0.2, 0.25) is 0 Å². The summed E-state index contributed by atoms with van der Waals surface area (Å²) in [4.78, 5) is 23.1. The third-order valence-electron chi connectivity index (χ3n) is 4.38. The quantitative estimate of drug-likeness (QED) is 0.873. The van der Waals surface area contributed by atoms with Crippen LogP contribution in [-0.2, 0) is 6.42 Å². The molecule has 2 aliphatic heterocycles. The van der Waals surface area contributed by atoms with Crippen LogP contribution in [0, 0.1) is 0 Å². The van der Waals surface area contributed by atoms with Crippen molar-refractivity contribution in [3.63, 3.8) is 0 Å². The number of carbonyl (C=O) groups is 1. The smallest absolute Gasteiger partial charge is 0.314 e. The highest BCUT2D eigenvalue weighted by Crippen LogP contribution is 2.42. The molecule has 1 saturated heterocycles. The molecule has 0 spiro atoms. The number of amides is 2. The van der Waals surface area contributed by atoms with Crippen LogP contribution < -0.4 is 5.32 Å². The zero-order valence-electron chi connectivity index (χ0n) is 11.6. The molecule has 2 aromatic rings. The van der Waals surface area contributed by atoms with Gasteiger partial charge in [0, 0.05) is 29.9 Å². The third-order valence-corrected chi connectivity index (χ3v) is 4.38. The number of anilines is 1. The fourth-order valence-electron chi connectivity index (χ4n) is 3.44. The fourth-order valence-corrected chi connectivity index (χ4v) is 3.44. The molecule has 1 aromatic carbocycles. The highest BCUT2D eigenvalue weighted by molar-refractivity contribution is 5.90. The number of nitrogens with one attached hydrogen (secondary N) is 1. The molecule has 0 radical (unpaired) electrons. The maximum Gasteiger partial charge on any atom is 0.322 e. The van der Waals surface area contributed by atoms with E-state index in [2.05, 4.69) is 15.3 Å². The molecular weight excluding hydrogens is 264 g/mol. The molecule has 3 heterocycles. The van der Waals surface area contributed by atoms with E-state index in [0.717, 1.165) is 36.2 Å². The second-order valence-corrected chi connectivity index (χ2v) is 5.58. The van der Waals surface area contributed by atoms with Gasteiger partial charge in [0.1, 0.15) is 6.33 Å². The van der Waals surface area contributed by atoms with Crippen molar-refractivity contribution in [2.45, 2.75) is 31.3 Å². The number of hydrogen-bond acceptors (Lipinski definition) is 3. The Morgan fingerprint density at radius 1 is 1.24 bits per heavy atom. The molecule has 2 aliphatic rings. The topological polar surface area (TPSA) is 58.1 Å². The fraction of sp³-hybridized carbons (Fsp3) is 0.312. The summed E-state index contributed by atoms with van der Waals surface area (Å²) in [7, 11) is 0. The van der Waals surface area contributed by atoms with Crippen molar-refractivity contribution < 1.29 is 4.79 Å². The molecule has 0 saturated carbocycles. The molecule has 21 heavy (non-hydrogen) atoms. The van der Waals surface area contributed by atoms with Gasteiger partial charge >= 0.3 is 6.03 Å². The molecular formula is C16H16N4O. The Balaban J connectivity index is 1.61. The van der Waals surface area contributed by atoms with E-state index in [-0.39, 0.29) is 18.1 Å². The lowest BCUT2D eigenvalue weighted by Gasteiger charge is -2.35. The lowest BCUT2D eigenvalue weighted by Crippen LogP contribution is -2.44. The number of para-hydroxylation sites is 1. The van der Waals surface area contributed by atoms with Crippen LogP contribution in [0.4, 0.5) is 10.5 Å². The van der Waals surface area contributed by atoms with Crippen LogP contribution in [0.5, 0.6) is 0 Å². The van der Waals surface area contributed by atoms with Gasteiger partial charge in [0.25, 0.3) is 0 Å². The van der Waals surface area contributed by atoms with Gasteiger partial charge in [-0.05, 0) is 25.0 Å². The van der Waals surface area contributed by atoms with Crippen molar-refractivity contribution in [2.75, 3.05) is 5.32 Å². The van der Waals surface area contributed by atoms with Crippen molar-refractivity contribution in [1.82, 2.24) is 14.9 Å². The van der Waals surface area contributed by atoms with Crippen molar-refractivity contribution in [3.05, 3.63) is 54.1 Å². The summed E-state index contributed by atoms with van der Waals surface area (Å²) in [6, 6.07) is 9.93. The Labute approximate surface area is 123 Å². The molecule has 1 aromatic heterocycles. The van der Waals surface area contributed by atoms with E-state index in [4.69, 9.17) is 0 Å². The van der Waals surface area contributed by atoms with Gasteiger partial charge in [-0.1, -0.05) is 18.2 Å². The van der Waals surface area contributed by atoms with E-state index < -0.39 is 0 Å². The summed E-state index contributed by atoms with van der Waals surface area (Å²) >= 11 is 0. The standard InChI is InChI=1S/C16H16N4O/c21-16(19-11-4-2-1-3-5-11)20-12-6-7-15(20)13-9-17-10-18-14(13)8-12/h1-5,9-10,12,15H,6-8H2,(H,19,21). The Morgan fingerprint density at radius 3 is 2.95 bits per heavy atom. The maximum absolute atomic E-state index is 12.6. The summed E-state index contributed by atoms with van der Waals surface area (Å²) in [6.07, 6.45) is 6.31. The first-order valence-electron chi connectivity index (χ1n) is 7.26. The van der Waals surface area contributed by atoms with Gasteiger partial charge < -0.3 is 10.2 Å². The number of hydrogen-bond donors (Lipinski definition) is 1. The van der Waals surface area contributed by atoms with Crippen LogP contribution in [0.15, 0.2) is 42.9 Å². The second kappa shape index (κ2) is 4.84. The molecule has 2 amide bonds. The minimum Gasteiger partial charge on any atom is -0.314 e. The minimum absolute atomic E-state index is 0.0248. The third kappa shape index (κ3) is 2.05. The zero-order valence-corrected chi connectivity index (χ0v) is 11.6. The second-order valence-electron chi connectivity index (χ2n) is 5.58. The van der Waals surface area contributed by atoms with Gasteiger partial charge in [-0.25, -0.2) is 14.8 Å². The molecule has 106 valence electrons. The summed E-state index contributed by atoms with van der Waals surface area (Å²) in [5, 5.41) is 2.99. The molecule has 0 aliphatic carbocycles. The van der Waals surface area contributed by atoms with Crippen molar-refractivity contribution in [3.8, 4) is 0 Å². The first-order valence-corrected chi connectivity index (χ1v) is 7.26. The average molecular weight is 280 g/mol. The monoisotopic (exact) mass is 280 g/mol. The number of rotatable bonds is 1. The first-order chi connectivity index (χ1) is 10.3. The van der Waals surface area contributed by atoms with Gasteiger partial charge in [-0.15, -0.1) is 0 Å². The predicted molar refractivity (Wildman–Crippen MR) is 78.8 cm³/mol. The number of benzene rings is 1. The molecule has 2 atom stereocenters. The van der Waals surface area contributed by atoms with Crippen molar-refractivity contribution in [2.24, 2.45) is 0 Å². The van der Waals surface area contributed by atoms with Crippen LogP contribution in [0.25, 0.3) is 0 Å². The number of nitrogens with zero attached hydrogens (tertiary/aromatic N) is 3. The lowest BCUT2D eigenvalue weighted by molar-refractivity contribution is 0.178. The SMILES string of the molecule is O=C(Nc1ccccc1)N1C2CCC1c1cncnc1C2. The Morgan fingerprint density at radius 2 is 2.10 bits per heavy atom. The molecule has 2 bridgehead atoms. The first kappa shape index (κ1) is 12.3. The van der Waals surface area contributed by atoms with Gasteiger partial charge in [0.15, 0.2) is 0 Å². The lowest BCUT2D eigenvalue weighted by atomic mass is 10.00. The largest absolute Gasteiger partial charge is 0.322 e. The summed E-state index contributed by atoms with van der Waals surface area (Å²) in [5.41, 5.74) is 3.03. The highest BCUT2D eigenvalue weighted by Gasteiger charge is 2.43. The Kier molecular flexibility index (Phi) is 2.84. The number of urea groups is 1. The van der Waals surface area contributed by atoms with Crippen LogP contribution in [-0.4, -0.2) is 26.9 Å². The molecule has 1 N–H and O–H groups in total. The zero-order chi connectivity index (χ0) is 14.2. The van der Waals surface area contributed by atoms with E-state index >= 15 is 0 Å². The van der Waals surface area contributed by atoms with E-state index in [1.54, 1.807) is 6.33 Å². The van der Waals surface area contributed by atoms with Gasteiger partial charge in [0.2, 0.25) is 0 Å². The van der Waals surface area contributed by atoms with Crippen molar-refractivity contribution >= 4 is 11.7 Å². The Bertz CT molecular complexity index is 673. The van der Waals surface area contributed by atoms with Gasteiger partial charge in [0.05, 0.1) is 11.7 Å². The summed E-state index contributed by atoms with van der Waals surface area (Å²) < 4.78 is 0. The maximum atomic E-state index is 12.6. The number of fused-ring (bicyclic) bond motifs is 4. The molecule has 5 heteroatoms. The van der Waals surface area contributed by atoms with Crippen LogP contribution >= 0.6 is 0 Å². The number of carbonyl (C=O) groups excluding carboxylic acids is 1. The van der Waals surface area contributed by atoms with E-state index in [1.165, 1.54) is 0 Å². The average Bonchev–Trinajstić information content (AvgIpc) is 2.84. The summed E-state index contributed by atoms with van der Waals surface area (Å²) in [5.74, 6) is 0. The van der Waals surface area contributed by atoms with Crippen LogP contribution in [0.1, 0.15) is 30.1 Å². The van der Waals surface area contributed by atoms with E-state index in [1.807, 2.05) is 41.4 Å². The normalized spacial score (nSPS) is 22.8. The highest BCUT2D eigenvalue weighted by atomic mass is 16.2. The van der Waals surface area contributed by atoms with Crippen LogP contribution in [0.3, 0.4) is 0 Å². The van der Waals surface area contributed by atoms with Gasteiger partial charge in [-0.2, -0.15) is 0 Å². The van der Waals surface area contributed by atoms with Gasteiger partial charge in [-0.3, -0.25) is 0 Å². The van der Waals surface area contributed by atoms with E-state index in [9.17, 15) is 4.79 Å². The number of aromatic nitrogens is 2. The Hall–Kier alpha value is -2.43. The molecule has 1 fully saturated rings. The predicted octanol–water partition coefficient (Wildman–Crippen LogP) is 2.77. The van der Waals surface area contributed by atoms with Crippen molar-refractivity contribution in [1.29, 1.82) is 0 Å². The minimum atomic E-state index is -0.0248. The molecule has 5 nitrogen and oxygen atoms in total.